The summed E-state index contributed by atoms with van der Waals surface area (Å²) in [7, 11) is 1.51. The minimum absolute atomic E-state index is 0.0584. The molecule has 45 heavy (non-hydrogen) atoms. The summed E-state index contributed by atoms with van der Waals surface area (Å²) < 4.78 is 40.5. The van der Waals surface area contributed by atoms with Crippen molar-refractivity contribution >= 4 is 34.1 Å². The quantitative estimate of drug-likeness (QED) is 0.241. The monoisotopic (exact) mass is 632 g/mol. The van der Waals surface area contributed by atoms with E-state index in [1.807, 2.05) is 0 Å². The second-order valence-corrected chi connectivity index (χ2v) is 10.7. The predicted molar refractivity (Wildman–Crippen MR) is 165 cm³/mol. The molecule has 0 fully saturated rings. The lowest BCUT2D eigenvalue weighted by Gasteiger charge is -2.23. The van der Waals surface area contributed by atoms with Crippen LogP contribution in [0.25, 0.3) is 16.6 Å². The van der Waals surface area contributed by atoms with Crippen LogP contribution in [0, 0.1) is 5.82 Å². The lowest BCUT2D eigenvalue weighted by Crippen LogP contribution is -2.42. The molecule has 230 valence electrons. The van der Waals surface area contributed by atoms with Crippen LogP contribution in [0.2, 0.25) is 5.02 Å². The first-order valence-electron chi connectivity index (χ1n) is 13.8. The summed E-state index contributed by atoms with van der Waals surface area (Å²) >= 11 is 5.97. The molecule has 0 spiro atoms. The topological polar surface area (TPSA) is 123 Å². The van der Waals surface area contributed by atoms with E-state index in [4.69, 9.17) is 30.5 Å². The predicted octanol–water partition coefficient (Wildman–Crippen LogP) is 5.75. The number of anilines is 1. The normalized spacial score (nSPS) is 12.3. The molecule has 0 radical (unpaired) electrons. The van der Waals surface area contributed by atoms with E-state index in [0.29, 0.717) is 46.4 Å². The van der Waals surface area contributed by atoms with Crippen molar-refractivity contribution in [1.82, 2.24) is 14.1 Å². The van der Waals surface area contributed by atoms with Gasteiger partial charge in [-0.05, 0) is 56.3 Å². The Morgan fingerprint density at radius 2 is 1.73 bits per heavy atom. The van der Waals surface area contributed by atoms with Gasteiger partial charge < -0.3 is 24.3 Å². The van der Waals surface area contributed by atoms with Gasteiger partial charge in [-0.2, -0.15) is 0 Å². The van der Waals surface area contributed by atoms with Gasteiger partial charge in [0.1, 0.15) is 24.5 Å². The minimum atomic E-state index is -0.840. The van der Waals surface area contributed by atoms with Gasteiger partial charge in [0, 0.05) is 41.3 Å². The van der Waals surface area contributed by atoms with E-state index in [-0.39, 0.29) is 34.5 Å². The van der Waals surface area contributed by atoms with Crippen LogP contribution >= 0.6 is 11.6 Å². The molecule has 3 aromatic carbocycles. The number of carbonyl (C=O) groups excluding carboxylic acids is 1. The number of amides is 1. The van der Waals surface area contributed by atoms with Gasteiger partial charge in [0.05, 0.1) is 23.7 Å². The molecule has 1 amide bonds. The Morgan fingerprint density at radius 3 is 2.42 bits per heavy atom. The molecule has 0 saturated heterocycles. The number of aromatic nitrogens is 3. The SMILES string of the molecule is COc1cc2nccc(Oc3ccc(NC(=O)c4cn(C(C)C)c(=O)n(-c5ccc(Cl)cc5)c4=O)cc3F)c2c2c1OCCO2. The first-order chi connectivity index (χ1) is 21.7. The summed E-state index contributed by atoms with van der Waals surface area (Å²) in [5, 5.41) is 3.43. The highest BCUT2D eigenvalue weighted by Gasteiger charge is 2.25. The van der Waals surface area contributed by atoms with Crippen molar-refractivity contribution in [1.29, 1.82) is 0 Å². The third kappa shape index (κ3) is 5.55. The number of benzene rings is 3. The average Bonchev–Trinajstić information content (AvgIpc) is 3.02. The van der Waals surface area contributed by atoms with Gasteiger partial charge in [-0.15, -0.1) is 0 Å². The molecule has 5 aromatic rings. The molecule has 3 heterocycles. The summed E-state index contributed by atoms with van der Waals surface area (Å²) in [5.41, 5.74) is -0.988. The van der Waals surface area contributed by atoms with E-state index in [0.717, 1.165) is 10.6 Å². The van der Waals surface area contributed by atoms with Crippen LogP contribution in [0.5, 0.6) is 28.7 Å². The molecule has 0 saturated carbocycles. The van der Waals surface area contributed by atoms with E-state index in [1.165, 1.54) is 60.5 Å². The molecule has 0 atom stereocenters. The lowest BCUT2D eigenvalue weighted by molar-refractivity contribution is 0.102. The third-order valence-corrected chi connectivity index (χ3v) is 7.32. The number of carbonyl (C=O) groups is 1. The van der Waals surface area contributed by atoms with Crippen LogP contribution in [-0.4, -0.2) is 40.3 Å². The number of nitrogens with zero attached hydrogens (tertiary/aromatic N) is 3. The van der Waals surface area contributed by atoms with Crippen molar-refractivity contribution in [3.63, 3.8) is 0 Å². The number of methoxy groups -OCH3 is 1. The first kappa shape index (κ1) is 29.7. The molecular formula is C32H26ClFN4O7. The fourth-order valence-corrected chi connectivity index (χ4v) is 5.03. The zero-order valence-electron chi connectivity index (χ0n) is 24.3. The summed E-state index contributed by atoms with van der Waals surface area (Å²) in [6, 6.07) is 12.8. The van der Waals surface area contributed by atoms with E-state index in [1.54, 1.807) is 26.0 Å². The van der Waals surface area contributed by atoms with Crippen LogP contribution < -0.4 is 35.5 Å². The number of halogens is 2. The standard InChI is InChI=1S/C32H26ClFN4O7/c1-17(2)37-16-21(31(40)38(32(37)41)20-7-4-18(33)5-8-20)30(39)36-19-6-9-24(22(34)14-19)45-25-10-11-35-23-15-26(42-3)28-29(27(23)25)44-13-12-43-28/h4-11,14-17H,12-13H2,1-3H3,(H,36,39). The lowest BCUT2D eigenvalue weighted by atomic mass is 10.1. The van der Waals surface area contributed by atoms with Crippen molar-refractivity contribution < 1.29 is 28.1 Å². The van der Waals surface area contributed by atoms with Gasteiger partial charge >= 0.3 is 5.69 Å². The average molecular weight is 633 g/mol. The van der Waals surface area contributed by atoms with Gasteiger partial charge in [0.15, 0.2) is 23.1 Å². The summed E-state index contributed by atoms with van der Waals surface area (Å²) in [5.74, 6) is -0.288. The number of nitrogens with one attached hydrogen (secondary N) is 1. The highest BCUT2D eigenvalue weighted by molar-refractivity contribution is 6.30. The Hall–Kier alpha value is -5.36. The number of fused-ring (bicyclic) bond motifs is 3. The fraction of sp³-hybridized carbons (Fsp3) is 0.188. The molecule has 0 unspecified atom stereocenters. The molecule has 11 nitrogen and oxygen atoms in total. The summed E-state index contributed by atoms with van der Waals surface area (Å²) in [6.07, 6.45) is 2.70. The fourth-order valence-electron chi connectivity index (χ4n) is 4.90. The van der Waals surface area contributed by atoms with Crippen molar-refractivity contribution in [2.75, 3.05) is 25.6 Å². The van der Waals surface area contributed by atoms with Gasteiger partial charge in [-0.25, -0.2) is 13.8 Å². The van der Waals surface area contributed by atoms with Gasteiger partial charge in [-0.1, -0.05) is 11.6 Å². The van der Waals surface area contributed by atoms with Gasteiger partial charge in [0.2, 0.25) is 5.75 Å². The second-order valence-electron chi connectivity index (χ2n) is 10.3. The Kier molecular flexibility index (Phi) is 7.90. The summed E-state index contributed by atoms with van der Waals surface area (Å²) in [6.45, 7) is 4.11. The van der Waals surface area contributed by atoms with E-state index < -0.39 is 23.0 Å². The number of ether oxygens (including phenoxy) is 4. The number of hydrogen-bond donors (Lipinski definition) is 1. The molecule has 0 aliphatic carbocycles. The second kappa shape index (κ2) is 12.0. The van der Waals surface area contributed by atoms with Gasteiger partial charge in [0.25, 0.3) is 11.5 Å². The first-order valence-corrected chi connectivity index (χ1v) is 14.2. The molecule has 1 aliphatic heterocycles. The summed E-state index contributed by atoms with van der Waals surface area (Å²) in [4.78, 5) is 44.2. The third-order valence-electron chi connectivity index (χ3n) is 7.07. The van der Waals surface area contributed by atoms with Crippen LogP contribution in [0.3, 0.4) is 0 Å². The molecule has 6 rings (SSSR count). The van der Waals surface area contributed by atoms with Crippen LogP contribution in [0.1, 0.15) is 30.2 Å². The smallest absolute Gasteiger partial charge is 0.335 e. The molecule has 2 aromatic heterocycles. The number of hydrogen-bond acceptors (Lipinski definition) is 8. The number of pyridine rings is 1. The Balaban J connectivity index is 1.31. The van der Waals surface area contributed by atoms with Crippen molar-refractivity contribution in [2.24, 2.45) is 0 Å². The molecule has 0 bridgehead atoms. The zero-order chi connectivity index (χ0) is 31.8. The molecule has 1 aliphatic rings. The van der Waals surface area contributed by atoms with Crippen molar-refractivity contribution in [3.8, 4) is 34.4 Å². The largest absolute Gasteiger partial charge is 0.493 e. The van der Waals surface area contributed by atoms with Crippen LogP contribution in [-0.2, 0) is 0 Å². The highest BCUT2D eigenvalue weighted by Crippen LogP contribution is 2.48. The van der Waals surface area contributed by atoms with Gasteiger partial charge in [-0.3, -0.25) is 19.1 Å². The minimum Gasteiger partial charge on any atom is -0.493 e. The maximum atomic E-state index is 15.4. The van der Waals surface area contributed by atoms with Crippen molar-refractivity contribution in [3.05, 3.63) is 104 Å². The van der Waals surface area contributed by atoms with Crippen LogP contribution in [0.15, 0.2) is 76.6 Å². The Morgan fingerprint density at radius 1 is 1.00 bits per heavy atom. The maximum absolute atomic E-state index is 15.4. The van der Waals surface area contributed by atoms with E-state index in [9.17, 15) is 14.4 Å². The Labute approximate surface area is 260 Å². The zero-order valence-corrected chi connectivity index (χ0v) is 25.1. The van der Waals surface area contributed by atoms with E-state index >= 15 is 4.39 Å². The van der Waals surface area contributed by atoms with E-state index in [2.05, 4.69) is 10.3 Å². The van der Waals surface area contributed by atoms with Crippen LogP contribution in [0.4, 0.5) is 10.1 Å². The number of rotatable bonds is 7. The maximum Gasteiger partial charge on any atom is 0.335 e. The molecule has 13 heteroatoms. The molecule has 1 N–H and O–H groups in total. The van der Waals surface area contributed by atoms with Crippen molar-refractivity contribution in [2.45, 2.75) is 19.9 Å². The highest BCUT2D eigenvalue weighted by atomic mass is 35.5. The Bertz CT molecular complexity index is 2080. The molecular weight excluding hydrogens is 607 g/mol.